The van der Waals surface area contributed by atoms with Crippen LogP contribution in [0, 0.1) is 6.92 Å². The monoisotopic (exact) mass is 276 g/mol. The second-order valence-electron chi connectivity index (χ2n) is 5.90. The number of rotatable bonds is 3. The molecule has 1 unspecified atom stereocenters. The van der Waals surface area contributed by atoms with Crippen molar-refractivity contribution in [3.05, 3.63) is 35.3 Å². The van der Waals surface area contributed by atoms with Gasteiger partial charge in [-0.25, -0.2) is 4.98 Å². The molecule has 6 heteroatoms. The summed E-state index contributed by atoms with van der Waals surface area (Å²) in [6.45, 7) is 9.73. The van der Waals surface area contributed by atoms with E-state index in [-0.39, 0.29) is 23.2 Å². The number of amides is 1. The summed E-state index contributed by atoms with van der Waals surface area (Å²) in [5.74, 6) is 2.03. The maximum atomic E-state index is 12.1. The van der Waals surface area contributed by atoms with E-state index in [1.807, 2.05) is 46.8 Å². The number of H-pyrrole nitrogens is 1. The number of furan rings is 1. The topological polar surface area (TPSA) is 83.8 Å². The van der Waals surface area contributed by atoms with Crippen molar-refractivity contribution >= 4 is 5.91 Å². The van der Waals surface area contributed by atoms with Crippen LogP contribution < -0.4 is 5.32 Å². The van der Waals surface area contributed by atoms with Crippen LogP contribution in [0.5, 0.6) is 0 Å². The number of aromatic amines is 1. The molecule has 0 fully saturated rings. The van der Waals surface area contributed by atoms with Crippen LogP contribution in [0.15, 0.2) is 16.5 Å². The zero-order chi connectivity index (χ0) is 14.9. The van der Waals surface area contributed by atoms with Gasteiger partial charge in [-0.2, -0.15) is 0 Å². The molecular weight excluding hydrogens is 256 g/mol. The number of nitrogens with one attached hydrogen (secondary N) is 2. The van der Waals surface area contributed by atoms with Gasteiger partial charge in [0.2, 0.25) is 5.82 Å². The number of hydrogen-bond acceptors (Lipinski definition) is 4. The minimum atomic E-state index is -0.321. The standard InChI is InChI=1S/C14H20N4O2/c1-8-6-7-10(20-8)9(2)15-12(19)11-16-13(18-17-11)14(3,4)5/h6-7,9H,1-5H3,(H,15,19)(H,16,17,18). The molecule has 0 aromatic carbocycles. The molecule has 0 saturated carbocycles. The van der Waals surface area contributed by atoms with Crippen molar-refractivity contribution in [3.8, 4) is 0 Å². The second kappa shape index (κ2) is 5.11. The first-order valence-electron chi connectivity index (χ1n) is 6.57. The van der Waals surface area contributed by atoms with Gasteiger partial charge in [-0.1, -0.05) is 20.8 Å². The maximum absolute atomic E-state index is 12.1. The Labute approximate surface area is 118 Å². The smallest absolute Gasteiger partial charge is 0.291 e. The normalized spacial score (nSPS) is 13.2. The predicted molar refractivity (Wildman–Crippen MR) is 74.4 cm³/mol. The summed E-state index contributed by atoms with van der Waals surface area (Å²) in [4.78, 5) is 16.3. The lowest BCUT2D eigenvalue weighted by Crippen LogP contribution is -2.27. The van der Waals surface area contributed by atoms with E-state index in [4.69, 9.17) is 4.42 Å². The molecule has 2 aromatic heterocycles. The summed E-state index contributed by atoms with van der Waals surface area (Å²) in [6.07, 6.45) is 0. The highest BCUT2D eigenvalue weighted by Crippen LogP contribution is 2.18. The van der Waals surface area contributed by atoms with Crippen molar-refractivity contribution in [2.45, 2.75) is 46.1 Å². The third-order valence-electron chi connectivity index (χ3n) is 2.93. The molecule has 20 heavy (non-hydrogen) atoms. The van der Waals surface area contributed by atoms with Gasteiger partial charge in [-0.3, -0.25) is 9.89 Å². The maximum Gasteiger partial charge on any atom is 0.291 e. The largest absolute Gasteiger partial charge is 0.464 e. The molecule has 2 aromatic rings. The van der Waals surface area contributed by atoms with Crippen molar-refractivity contribution < 1.29 is 9.21 Å². The first-order chi connectivity index (χ1) is 9.27. The Morgan fingerprint density at radius 3 is 2.60 bits per heavy atom. The fourth-order valence-corrected chi connectivity index (χ4v) is 1.72. The van der Waals surface area contributed by atoms with E-state index in [0.29, 0.717) is 11.6 Å². The molecule has 2 rings (SSSR count). The van der Waals surface area contributed by atoms with Crippen LogP contribution in [0.4, 0.5) is 0 Å². The van der Waals surface area contributed by atoms with E-state index < -0.39 is 0 Å². The lowest BCUT2D eigenvalue weighted by Gasteiger charge is -2.13. The van der Waals surface area contributed by atoms with Gasteiger partial charge in [-0.15, -0.1) is 5.10 Å². The van der Waals surface area contributed by atoms with E-state index in [2.05, 4.69) is 20.5 Å². The van der Waals surface area contributed by atoms with Gasteiger partial charge in [-0.05, 0) is 26.0 Å². The quantitative estimate of drug-likeness (QED) is 0.902. The minimum Gasteiger partial charge on any atom is -0.464 e. The molecule has 2 heterocycles. The second-order valence-corrected chi connectivity index (χ2v) is 5.90. The predicted octanol–water partition coefficient (Wildman–Crippen LogP) is 2.49. The van der Waals surface area contributed by atoms with Gasteiger partial charge in [0.15, 0.2) is 0 Å². The zero-order valence-corrected chi connectivity index (χ0v) is 12.4. The van der Waals surface area contributed by atoms with Crippen LogP contribution in [0.2, 0.25) is 0 Å². The van der Waals surface area contributed by atoms with Gasteiger partial charge in [0.05, 0.1) is 6.04 Å². The Balaban J connectivity index is 2.07. The zero-order valence-electron chi connectivity index (χ0n) is 12.4. The van der Waals surface area contributed by atoms with Gasteiger partial charge >= 0.3 is 0 Å². The van der Waals surface area contributed by atoms with Crippen molar-refractivity contribution in [2.75, 3.05) is 0 Å². The number of carbonyl (C=O) groups is 1. The lowest BCUT2D eigenvalue weighted by atomic mass is 9.96. The number of aromatic nitrogens is 3. The van der Waals surface area contributed by atoms with E-state index in [9.17, 15) is 4.79 Å². The molecule has 0 spiro atoms. The van der Waals surface area contributed by atoms with Crippen LogP contribution in [0.1, 0.15) is 61.7 Å². The molecule has 108 valence electrons. The number of carbonyl (C=O) groups excluding carboxylic acids is 1. The first-order valence-corrected chi connectivity index (χ1v) is 6.57. The molecule has 6 nitrogen and oxygen atoms in total. The van der Waals surface area contributed by atoms with E-state index in [1.54, 1.807) is 0 Å². The van der Waals surface area contributed by atoms with Crippen LogP contribution in [-0.4, -0.2) is 21.1 Å². The van der Waals surface area contributed by atoms with Crippen molar-refractivity contribution in [1.29, 1.82) is 0 Å². The molecule has 0 aliphatic carbocycles. The molecule has 2 N–H and O–H groups in total. The van der Waals surface area contributed by atoms with Crippen molar-refractivity contribution in [2.24, 2.45) is 0 Å². The Hall–Kier alpha value is -2.11. The van der Waals surface area contributed by atoms with E-state index in [1.165, 1.54) is 0 Å². The number of aryl methyl sites for hydroxylation is 1. The van der Waals surface area contributed by atoms with Crippen LogP contribution in [0.3, 0.4) is 0 Å². The number of hydrogen-bond donors (Lipinski definition) is 2. The minimum absolute atomic E-state index is 0.144. The molecule has 1 atom stereocenters. The van der Waals surface area contributed by atoms with Crippen molar-refractivity contribution in [3.63, 3.8) is 0 Å². The molecule has 1 amide bonds. The first kappa shape index (κ1) is 14.3. The van der Waals surface area contributed by atoms with Crippen LogP contribution in [-0.2, 0) is 5.41 Å². The third-order valence-corrected chi connectivity index (χ3v) is 2.93. The summed E-state index contributed by atoms with van der Waals surface area (Å²) in [5, 5.41) is 9.57. The Morgan fingerprint density at radius 1 is 1.40 bits per heavy atom. The van der Waals surface area contributed by atoms with Crippen LogP contribution >= 0.6 is 0 Å². The summed E-state index contributed by atoms with van der Waals surface area (Å²) >= 11 is 0. The Morgan fingerprint density at radius 2 is 2.10 bits per heavy atom. The highest BCUT2D eigenvalue weighted by molar-refractivity contribution is 5.90. The summed E-state index contributed by atoms with van der Waals surface area (Å²) in [5.41, 5.74) is -0.171. The summed E-state index contributed by atoms with van der Waals surface area (Å²) < 4.78 is 5.48. The SMILES string of the molecule is Cc1ccc(C(C)NC(=O)c2n[nH]c(C(C)(C)C)n2)o1. The summed E-state index contributed by atoms with van der Waals surface area (Å²) in [7, 11) is 0. The van der Waals surface area contributed by atoms with Gasteiger partial charge < -0.3 is 9.73 Å². The van der Waals surface area contributed by atoms with Gasteiger partial charge in [0, 0.05) is 5.41 Å². The highest BCUT2D eigenvalue weighted by atomic mass is 16.3. The average molecular weight is 276 g/mol. The fourth-order valence-electron chi connectivity index (χ4n) is 1.72. The lowest BCUT2D eigenvalue weighted by molar-refractivity contribution is 0.0925. The Kier molecular flexibility index (Phi) is 3.65. The molecule has 0 bridgehead atoms. The van der Waals surface area contributed by atoms with Gasteiger partial charge in [0.1, 0.15) is 17.3 Å². The molecular formula is C14H20N4O2. The van der Waals surface area contributed by atoms with Crippen LogP contribution in [0.25, 0.3) is 0 Å². The number of nitrogens with zero attached hydrogens (tertiary/aromatic N) is 2. The van der Waals surface area contributed by atoms with E-state index >= 15 is 0 Å². The molecule has 0 radical (unpaired) electrons. The average Bonchev–Trinajstić information content (AvgIpc) is 2.95. The van der Waals surface area contributed by atoms with Crippen molar-refractivity contribution in [1.82, 2.24) is 20.5 Å². The molecule has 0 saturated heterocycles. The molecule has 0 aliphatic rings. The van der Waals surface area contributed by atoms with E-state index in [0.717, 1.165) is 5.76 Å². The van der Waals surface area contributed by atoms with Gasteiger partial charge in [0.25, 0.3) is 5.91 Å². The third kappa shape index (κ3) is 3.07. The highest BCUT2D eigenvalue weighted by Gasteiger charge is 2.22. The fraction of sp³-hybridized carbons (Fsp3) is 0.500. The summed E-state index contributed by atoms with van der Waals surface area (Å²) in [6, 6.07) is 3.48. The molecule has 0 aliphatic heterocycles. The Bertz CT molecular complexity index is 607.